The van der Waals surface area contributed by atoms with Crippen molar-refractivity contribution in [1.29, 1.82) is 0 Å². The topological polar surface area (TPSA) is 12.0 Å². The van der Waals surface area contributed by atoms with Gasteiger partial charge in [0.05, 0.1) is 0 Å². The van der Waals surface area contributed by atoms with Crippen LogP contribution in [0.5, 0.6) is 0 Å². The minimum atomic E-state index is -0.273. The number of rotatable bonds is 3. The van der Waals surface area contributed by atoms with E-state index in [0.717, 1.165) is 11.3 Å². The molecule has 0 fully saturated rings. The summed E-state index contributed by atoms with van der Waals surface area (Å²) in [4.78, 5) is 0. The minimum Gasteiger partial charge on any atom is -0.381 e. The van der Waals surface area contributed by atoms with Gasteiger partial charge in [-0.15, -0.1) is 0 Å². The molecule has 3 aromatic rings. The monoisotopic (exact) mass is 285 g/mol. The highest BCUT2D eigenvalue weighted by molar-refractivity contribution is 6.31. The second-order valence-electron chi connectivity index (χ2n) is 4.65. The van der Waals surface area contributed by atoms with Crippen LogP contribution < -0.4 is 5.32 Å². The number of halogens is 2. The fraction of sp³-hybridized carbons (Fsp3) is 0.0588. The summed E-state index contributed by atoms with van der Waals surface area (Å²) in [5.74, 6) is -0.273. The van der Waals surface area contributed by atoms with Gasteiger partial charge in [0.1, 0.15) is 5.82 Å². The lowest BCUT2D eigenvalue weighted by Gasteiger charge is -2.09. The molecule has 3 aromatic carbocycles. The van der Waals surface area contributed by atoms with Gasteiger partial charge in [-0.3, -0.25) is 0 Å². The van der Waals surface area contributed by atoms with Crippen LogP contribution in [0.15, 0.2) is 60.7 Å². The third kappa shape index (κ3) is 2.75. The van der Waals surface area contributed by atoms with Crippen molar-refractivity contribution in [3.05, 3.63) is 77.1 Å². The average Bonchev–Trinajstić information content (AvgIpc) is 2.48. The van der Waals surface area contributed by atoms with Crippen molar-refractivity contribution in [2.45, 2.75) is 6.54 Å². The van der Waals surface area contributed by atoms with Crippen LogP contribution in [-0.2, 0) is 6.54 Å². The maximum atomic E-state index is 13.2. The molecule has 3 rings (SSSR count). The summed E-state index contributed by atoms with van der Waals surface area (Å²) in [6.07, 6.45) is 0. The van der Waals surface area contributed by atoms with Crippen molar-refractivity contribution in [3.8, 4) is 0 Å². The molecule has 0 bridgehead atoms. The van der Waals surface area contributed by atoms with Gasteiger partial charge in [0.2, 0.25) is 0 Å². The van der Waals surface area contributed by atoms with Crippen LogP contribution in [0.2, 0.25) is 5.02 Å². The van der Waals surface area contributed by atoms with Gasteiger partial charge in [0, 0.05) is 17.3 Å². The van der Waals surface area contributed by atoms with Gasteiger partial charge in [0.15, 0.2) is 0 Å². The van der Waals surface area contributed by atoms with E-state index in [0.29, 0.717) is 11.6 Å². The van der Waals surface area contributed by atoms with Gasteiger partial charge < -0.3 is 5.32 Å². The number of anilines is 1. The maximum Gasteiger partial charge on any atom is 0.123 e. The van der Waals surface area contributed by atoms with E-state index in [1.807, 2.05) is 18.2 Å². The molecule has 0 radical (unpaired) electrons. The second-order valence-corrected chi connectivity index (χ2v) is 5.06. The smallest absolute Gasteiger partial charge is 0.123 e. The lowest BCUT2D eigenvalue weighted by Crippen LogP contribution is -2.00. The van der Waals surface area contributed by atoms with E-state index in [9.17, 15) is 4.39 Å². The molecule has 0 saturated heterocycles. The maximum absolute atomic E-state index is 13.2. The van der Waals surface area contributed by atoms with E-state index in [-0.39, 0.29) is 5.82 Å². The fourth-order valence-corrected chi connectivity index (χ4v) is 2.36. The largest absolute Gasteiger partial charge is 0.381 e. The van der Waals surface area contributed by atoms with Crippen LogP contribution >= 0.6 is 11.6 Å². The highest BCUT2D eigenvalue weighted by atomic mass is 35.5. The predicted octanol–water partition coefficient (Wildman–Crippen LogP) is 5.24. The summed E-state index contributed by atoms with van der Waals surface area (Å²) in [6.45, 7) is 0.495. The van der Waals surface area contributed by atoms with Crippen LogP contribution in [-0.4, -0.2) is 0 Å². The minimum absolute atomic E-state index is 0.273. The summed E-state index contributed by atoms with van der Waals surface area (Å²) in [6, 6.07) is 18.7. The molecule has 0 aliphatic heterocycles. The molecular weight excluding hydrogens is 273 g/mol. The van der Waals surface area contributed by atoms with E-state index >= 15 is 0 Å². The number of hydrogen-bond acceptors (Lipinski definition) is 1. The van der Waals surface area contributed by atoms with Crippen molar-refractivity contribution in [3.63, 3.8) is 0 Å². The zero-order chi connectivity index (χ0) is 13.9. The molecular formula is C17H13ClFN. The van der Waals surface area contributed by atoms with Gasteiger partial charge in [-0.2, -0.15) is 0 Å². The zero-order valence-corrected chi connectivity index (χ0v) is 11.5. The van der Waals surface area contributed by atoms with Crippen LogP contribution in [0, 0.1) is 5.82 Å². The van der Waals surface area contributed by atoms with Crippen LogP contribution in [0.25, 0.3) is 10.8 Å². The van der Waals surface area contributed by atoms with E-state index in [1.165, 1.54) is 22.9 Å². The summed E-state index contributed by atoms with van der Waals surface area (Å²) in [5.41, 5.74) is 1.74. The molecule has 0 unspecified atom stereocenters. The second kappa shape index (κ2) is 5.51. The van der Waals surface area contributed by atoms with Gasteiger partial charge in [-0.25, -0.2) is 4.39 Å². The van der Waals surface area contributed by atoms with Crippen molar-refractivity contribution in [1.82, 2.24) is 0 Å². The Kier molecular flexibility index (Phi) is 3.57. The summed E-state index contributed by atoms with van der Waals surface area (Å²) >= 11 is 6.05. The Morgan fingerprint density at radius 2 is 1.70 bits per heavy atom. The predicted molar refractivity (Wildman–Crippen MR) is 82.7 cm³/mol. The third-order valence-corrected chi connectivity index (χ3v) is 3.61. The first kappa shape index (κ1) is 12.9. The van der Waals surface area contributed by atoms with Crippen LogP contribution in [0.4, 0.5) is 10.1 Å². The van der Waals surface area contributed by atoms with Crippen molar-refractivity contribution in [2.24, 2.45) is 0 Å². The highest BCUT2D eigenvalue weighted by Gasteiger charge is 2.02. The van der Waals surface area contributed by atoms with Crippen molar-refractivity contribution in [2.75, 3.05) is 5.32 Å². The third-order valence-electron chi connectivity index (χ3n) is 3.24. The Balaban J connectivity index is 1.81. The molecule has 1 nitrogen and oxygen atoms in total. The number of benzene rings is 3. The van der Waals surface area contributed by atoms with Gasteiger partial charge in [-0.05, 0) is 46.7 Å². The Morgan fingerprint density at radius 3 is 2.55 bits per heavy atom. The highest BCUT2D eigenvalue weighted by Crippen LogP contribution is 2.21. The normalized spacial score (nSPS) is 10.7. The number of fused-ring (bicyclic) bond motifs is 1. The standard InChI is InChI=1S/C17H13ClFN/c18-17-8-6-15(19)9-14(17)11-20-16-7-5-12-3-1-2-4-13(12)10-16/h1-10,20H,11H2. The SMILES string of the molecule is Fc1ccc(Cl)c(CNc2ccc3ccccc3c2)c1. The van der Waals surface area contributed by atoms with Gasteiger partial charge >= 0.3 is 0 Å². The molecule has 0 aromatic heterocycles. The van der Waals surface area contributed by atoms with E-state index < -0.39 is 0 Å². The molecule has 100 valence electrons. The van der Waals surface area contributed by atoms with Gasteiger partial charge in [-0.1, -0.05) is 41.9 Å². The quantitative estimate of drug-likeness (QED) is 0.693. The molecule has 0 heterocycles. The first-order valence-electron chi connectivity index (χ1n) is 6.39. The Morgan fingerprint density at radius 1 is 0.900 bits per heavy atom. The molecule has 0 amide bonds. The summed E-state index contributed by atoms with van der Waals surface area (Å²) in [5, 5.41) is 6.20. The number of nitrogens with one attached hydrogen (secondary N) is 1. The van der Waals surface area contributed by atoms with Crippen molar-refractivity contribution >= 4 is 28.1 Å². The van der Waals surface area contributed by atoms with Gasteiger partial charge in [0.25, 0.3) is 0 Å². The Labute approximate surface area is 122 Å². The van der Waals surface area contributed by atoms with Crippen molar-refractivity contribution < 1.29 is 4.39 Å². The number of hydrogen-bond donors (Lipinski definition) is 1. The molecule has 0 aliphatic carbocycles. The zero-order valence-electron chi connectivity index (χ0n) is 10.7. The molecule has 0 atom stereocenters. The molecule has 0 spiro atoms. The van der Waals surface area contributed by atoms with E-state index in [4.69, 9.17) is 11.6 Å². The first-order chi connectivity index (χ1) is 9.72. The van der Waals surface area contributed by atoms with Crippen LogP contribution in [0.3, 0.4) is 0 Å². The lowest BCUT2D eigenvalue weighted by molar-refractivity contribution is 0.626. The molecule has 1 N–H and O–H groups in total. The van der Waals surface area contributed by atoms with E-state index in [2.05, 4.69) is 29.6 Å². The van der Waals surface area contributed by atoms with E-state index in [1.54, 1.807) is 6.07 Å². The Hall–Kier alpha value is -2.06. The molecule has 3 heteroatoms. The fourth-order valence-electron chi connectivity index (χ4n) is 2.18. The molecule has 20 heavy (non-hydrogen) atoms. The first-order valence-corrected chi connectivity index (χ1v) is 6.77. The summed E-state index contributed by atoms with van der Waals surface area (Å²) < 4.78 is 13.2. The lowest BCUT2D eigenvalue weighted by atomic mass is 10.1. The Bertz CT molecular complexity index is 755. The summed E-state index contributed by atoms with van der Waals surface area (Å²) in [7, 11) is 0. The van der Waals surface area contributed by atoms with Crippen LogP contribution in [0.1, 0.15) is 5.56 Å². The molecule has 0 saturated carbocycles. The molecule has 0 aliphatic rings. The average molecular weight is 286 g/mol.